The lowest BCUT2D eigenvalue weighted by Gasteiger charge is -2.15. The third kappa shape index (κ3) is 1.78. The van der Waals surface area contributed by atoms with Crippen molar-refractivity contribution in [1.82, 2.24) is 0 Å². The second kappa shape index (κ2) is 4.13. The van der Waals surface area contributed by atoms with E-state index >= 15 is 0 Å². The normalized spacial score (nSPS) is 14.6. The molecule has 3 aromatic carbocycles. The van der Waals surface area contributed by atoms with E-state index in [2.05, 4.69) is 71.8 Å². The van der Waals surface area contributed by atoms with E-state index in [1.807, 2.05) is 0 Å². The first-order valence-electron chi connectivity index (χ1n) is 6.68. The van der Waals surface area contributed by atoms with Crippen molar-refractivity contribution in [2.75, 3.05) is 11.4 Å². The van der Waals surface area contributed by atoms with Crippen LogP contribution < -0.4 is 4.90 Å². The Morgan fingerprint density at radius 1 is 0.895 bits per heavy atom. The second-order valence-corrected chi connectivity index (χ2v) is 5.00. The summed E-state index contributed by atoms with van der Waals surface area (Å²) < 4.78 is 0. The van der Waals surface area contributed by atoms with Crippen molar-refractivity contribution in [1.29, 1.82) is 0 Å². The van der Waals surface area contributed by atoms with Gasteiger partial charge in [-0.05, 0) is 46.2 Å². The summed E-state index contributed by atoms with van der Waals surface area (Å²) in [6.07, 6.45) is 5.49. The van der Waals surface area contributed by atoms with Crippen molar-refractivity contribution in [3.8, 4) is 0 Å². The second-order valence-electron chi connectivity index (χ2n) is 5.00. The summed E-state index contributed by atoms with van der Waals surface area (Å²) in [5.41, 5.74) is 1.16. The number of rotatable bonds is 1. The molecule has 0 aromatic heterocycles. The zero-order valence-corrected chi connectivity index (χ0v) is 10.6. The Morgan fingerprint density at radius 3 is 2.53 bits per heavy atom. The highest BCUT2D eigenvalue weighted by Gasteiger charge is 2.08. The first-order valence-corrected chi connectivity index (χ1v) is 6.68. The van der Waals surface area contributed by atoms with Crippen LogP contribution in [-0.4, -0.2) is 6.54 Å². The third-order valence-corrected chi connectivity index (χ3v) is 3.73. The van der Waals surface area contributed by atoms with Gasteiger partial charge in [0.05, 0.1) is 0 Å². The summed E-state index contributed by atoms with van der Waals surface area (Å²) >= 11 is 0. The molecule has 1 aliphatic heterocycles. The molecule has 0 saturated carbocycles. The maximum absolute atomic E-state index is 3.54. The quantitative estimate of drug-likeness (QED) is 0.569. The fraction of sp³-hybridized carbons (Fsp3) is 0.111. The monoisotopic (exact) mass is 244 g/mol. The molecule has 1 heteroatoms. The fourth-order valence-corrected chi connectivity index (χ4v) is 2.71. The van der Waals surface area contributed by atoms with E-state index in [9.17, 15) is 0 Å². The Hall–Kier alpha value is -2.28. The average Bonchev–Trinajstić information content (AvgIpc) is 2.98. The minimum absolute atomic E-state index is 1.07. The highest BCUT2D eigenvalue weighted by Crippen LogP contribution is 2.27. The summed E-state index contributed by atoms with van der Waals surface area (Å²) in [6.45, 7) is 1.07. The molecule has 1 aliphatic rings. The van der Waals surface area contributed by atoms with Crippen LogP contribution in [0.2, 0.25) is 0 Å². The van der Waals surface area contributed by atoms with Crippen molar-refractivity contribution in [3.05, 3.63) is 66.9 Å². The molecular formula is C18H14N. The molecule has 91 valence electrons. The Bertz CT molecular complexity index is 786. The summed E-state index contributed by atoms with van der Waals surface area (Å²) in [6, 6.07) is 20.8. The molecule has 1 nitrogen and oxygen atoms in total. The molecule has 1 heterocycles. The van der Waals surface area contributed by atoms with Gasteiger partial charge in [0.25, 0.3) is 0 Å². The number of hydrogen-bond acceptors (Lipinski definition) is 1. The molecule has 4 rings (SSSR count). The molecule has 1 radical (unpaired) electrons. The van der Waals surface area contributed by atoms with E-state index < -0.39 is 0 Å². The van der Waals surface area contributed by atoms with Crippen molar-refractivity contribution in [2.24, 2.45) is 0 Å². The zero-order valence-electron chi connectivity index (χ0n) is 10.6. The molecule has 0 N–H and O–H groups in total. The van der Waals surface area contributed by atoms with Gasteiger partial charge >= 0.3 is 0 Å². The fourth-order valence-electron chi connectivity index (χ4n) is 2.71. The van der Waals surface area contributed by atoms with E-state index in [-0.39, 0.29) is 0 Å². The Labute approximate surface area is 112 Å². The molecule has 0 atom stereocenters. The maximum atomic E-state index is 3.54. The number of anilines is 1. The number of hydrogen-bond donors (Lipinski definition) is 0. The van der Waals surface area contributed by atoms with E-state index in [4.69, 9.17) is 0 Å². The van der Waals surface area contributed by atoms with Gasteiger partial charge in [0.2, 0.25) is 0 Å². The van der Waals surface area contributed by atoms with Crippen molar-refractivity contribution in [2.45, 2.75) is 6.42 Å². The van der Waals surface area contributed by atoms with Gasteiger partial charge in [-0.1, -0.05) is 36.4 Å². The summed E-state index contributed by atoms with van der Waals surface area (Å²) in [4.78, 5) is 2.26. The molecule has 0 spiro atoms. The van der Waals surface area contributed by atoms with Crippen molar-refractivity contribution < 1.29 is 0 Å². The third-order valence-electron chi connectivity index (χ3n) is 3.73. The summed E-state index contributed by atoms with van der Waals surface area (Å²) in [7, 11) is 0. The van der Waals surface area contributed by atoms with Crippen LogP contribution in [-0.2, 0) is 0 Å². The molecule has 0 bridgehead atoms. The zero-order chi connectivity index (χ0) is 12.7. The van der Waals surface area contributed by atoms with E-state index in [0.29, 0.717) is 0 Å². The molecule has 0 fully saturated rings. The van der Waals surface area contributed by atoms with Crippen LogP contribution >= 0.6 is 0 Å². The van der Waals surface area contributed by atoms with Crippen molar-refractivity contribution >= 4 is 27.2 Å². The molecule has 19 heavy (non-hydrogen) atoms. The maximum Gasteiger partial charge on any atom is 0.0493 e. The van der Waals surface area contributed by atoms with E-state index in [0.717, 1.165) is 18.7 Å². The van der Waals surface area contributed by atoms with E-state index in [1.54, 1.807) is 0 Å². The Kier molecular flexibility index (Phi) is 2.31. The van der Waals surface area contributed by atoms with Crippen LogP contribution in [0.1, 0.15) is 6.42 Å². The van der Waals surface area contributed by atoms with Gasteiger partial charge in [-0.15, -0.1) is 0 Å². The predicted octanol–water partition coefficient (Wildman–Crippen LogP) is 4.52. The Balaban J connectivity index is 1.92. The molecular weight excluding hydrogens is 230 g/mol. The van der Waals surface area contributed by atoms with Gasteiger partial charge in [0.15, 0.2) is 0 Å². The largest absolute Gasteiger partial charge is 0.347 e. The number of benzene rings is 3. The molecule has 0 amide bonds. The molecule has 3 aromatic rings. The standard InChI is InChI=1S/C18H14N/c1-2-6-15-12-17-13-18(19-9-3-4-10-19)8-7-16(17)11-14(15)5-1/h1-3,5-9,11-12H,4,10H2. The van der Waals surface area contributed by atoms with Gasteiger partial charge in [-0.25, -0.2) is 0 Å². The van der Waals surface area contributed by atoms with Gasteiger partial charge in [-0.2, -0.15) is 0 Å². The first kappa shape index (κ1) is 10.6. The molecule has 0 saturated heterocycles. The number of nitrogens with zero attached hydrogens (tertiary/aromatic N) is 1. The predicted molar refractivity (Wildman–Crippen MR) is 81.4 cm³/mol. The molecule has 0 unspecified atom stereocenters. The summed E-state index contributed by atoms with van der Waals surface area (Å²) in [5, 5.41) is 5.01. The lowest BCUT2D eigenvalue weighted by atomic mass is 10.0. The van der Waals surface area contributed by atoms with Gasteiger partial charge in [0.1, 0.15) is 0 Å². The SMILES string of the molecule is [c]1c(N2C=CCC2)ccc2cc3ccccc3cc12. The lowest BCUT2D eigenvalue weighted by Crippen LogP contribution is -2.11. The van der Waals surface area contributed by atoms with Crippen LogP contribution in [0.4, 0.5) is 5.69 Å². The van der Waals surface area contributed by atoms with Crippen LogP contribution in [0.3, 0.4) is 0 Å². The van der Waals surface area contributed by atoms with Gasteiger partial charge < -0.3 is 4.90 Å². The van der Waals surface area contributed by atoms with Gasteiger partial charge in [0, 0.05) is 24.5 Å². The van der Waals surface area contributed by atoms with Gasteiger partial charge in [-0.3, -0.25) is 0 Å². The lowest BCUT2D eigenvalue weighted by molar-refractivity contribution is 1.000. The molecule has 0 aliphatic carbocycles. The van der Waals surface area contributed by atoms with Crippen LogP contribution in [0.5, 0.6) is 0 Å². The minimum Gasteiger partial charge on any atom is -0.347 e. The van der Waals surface area contributed by atoms with Crippen LogP contribution in [0.15, 0.2) is 60.8 Å². The number of fused-ring (bicyclic) bond motifs is 2. The van der Waals surface area contributed by atoms with Crippen molar-refractivity contribution in [3.63, 3.8) is 0 Å². The van der Waals surface area contributed by atoms with Crippen LogP contribution in [0.25, 0.3) is 21.5 Å². The average molecular weight is 244 g/mol. The first-order chi connectivity index (χ1) is 9.40. The minimum atomic E-state index is 1.07. The highest BCUT2D eigenvalue weighted by atomic mass is 15.1. The Morgan fingerprint density at radius 2 is 1.74 bits per heavy atom. The highest BCUT2D eigenvalue weighted by molar-refractivity contribution is 5.99. The topological polar surface area (TPSA) is 3.24 Å². The summed E-state index contributed by atoms with van der Waals surface area (Å²) in [5.74, 6) is 0. The van der Waals surface area contributed by atoms with Crippen LogP contribution in [0, 0.1) is 6.07 Å². The smallest absolute Gasteiger partial charge is 0.0493 e. The van der Waals surface area contributed by atoms with E-state index in [1.165, 1.54) is 21.5 Å².